The van der Waals surface area contributed by atoms with Crippen molar-refractivity contribution in [3.63, 3.8) is 0 Å². The van der Waals surface area contributed by atoms with Crippen LogP contribution in [0.15, 0.2) is 48.5 Å². The monoisotopic (exact) mass is 412 g/mol. The lowest BCUT2D eigenvalue weighted by molar-refractivity contribution is -0.901. The van der Waals surface area contributed by atoms with E-state index < -0.39 is 5.54 Å². The molecule has 0 radical (unpaired) electrons. The molecule has 2 atom stereocenters. The summed E-state index contributed by atoms with van der Waals surface area (Å²) in [6.07, 6.45) is 1.23. The van der Waals surface area contributed by atoms with Crippen LogP contribution < -0.4 is 19.7 Å². The average Bonchev–Trinajstić information content (AvgIpc) is 2.96. The van der Waals surface area contributed by atoms with Crippen molar-refractivity contribution in [1.82, 2.24) is 10.2 Å². The number of quaternary nitrogens is 1. The van der Waals surface area contributed by atoms with Crippen LogP contribution in [0.25, 0.3) is 0 Å². The zero-order chi connectivity index (χ0) is 21.7. The molecule has 2 aromatic rings. The van der Waals surface area contributed by atoms with Gasteiger partial charge in [-0.05, 0) is 61.7 Å². The molecular weight excluding hydrogens is 382 g/mol. The number of nitrogens with one attached hydrogen (secondary N) is 2. The molecule has 7 heteroatoms. The molecule has 160 valence electrons. The van der Waals surface area contributed by atoms with Crippen molar-refractivity contribution in [2.45, 2.75) is 31.8 Å². The Morgan fingerprint density at radius 3 is 2.00 bits per heavy atom. The number of methoxy groups -OCH3 is 2. The zero-order valence-electron chi connectivity index (χ0n) is 18.0. The van der Waals surface area contributed by atoms with E-state index in [-0.39, 0.29) is 11.9 Å². The molecule has 1 fully saturated rings. The first-order valence-corrected chi connectivity index (χ1v) is 10.1. The average molecular weight is 413 g/mol. The Bertz CT molecular complexity index is 882. The number of hydrogen-bond donors (Lipinski definition) is 2. The lowest BCUT2D eigenvalue weighted by Gasteiger charge is -2.23. The summed E-state index contributed by atoms with van der Waals surface area (Å²) in [5.74, 6) is 1.43. The Balaban J connectivity index is 1.58. The van der Waals surface area contributed by atoms with E-state index in [1.807, 2.05) is 55.6 Å². The van der Waals surface area contributed by atoms with Crippen molar-refractivity contribution < 1.29 is 24.0 Å². The minimum Gasteiger partial charge on any atom is -0.497 e. The molecule has 1 heterocycles. The Labute approximate surface area is 177 Å². The number of benzene rings is 2. The molecule has 1 unspecified atom stereocenters. The predicted octanol–water partition coefficient (Wildman–Crippen LogP) is 1.62. The van der Waals surface area contributed by atoms with Gasteiger partial charge in [-0.1, -0.05) is 12.1 Å². The Morgan fingerprint density at radius 2 is 1.47 bits per heavy atom. The van der Waals surface area contributed by atoms with Gasteiger partial charge in [-0.15, -0.1) is 0 Å². The van der Waals surface area contributed by atoms with Crippen molar-refractivity contribution in [2.24, 2.45) is 0 Å². The molecule has 30 heavy (non-hydrogen) atoms. The zero-order valence-corrected chi connectivity index (χ0v) is 18.0. The van der Waals surface area contributed by atoms with Crippen LogP contribution in [0.5, 0.6) is 11.5 Å². The number of nitrogens with zero attached hydrogens (tertiary/aromatic N) is 1. The van der Waals surface area contributed by atoms with Gasteiger partial charge in [0.05, 0.1) is 21.3 Å². The smallest absolute Gasteiger partial charge is 0.329 e. The minimum absolute atomic E-state index is 0.171. The number of ether oxygens (including phenoxy) is 2. The van der Waals surface area contributed by atoms with Gasteiger partial charge in [0, 0.05) is 5.56 Å². The lowest BCUT2D eigenvalue weighted by atomic mass is 9.93. The van der Waals surface area contributed by atoms with Crippen LogP contribution in [0, 0.1) is 0 Å². The predicted molar refractivity (Wildman–Crippen MR) is 114 cm³/mol. The maximum absolute atomic E-state index is 13.0. The molecule has 0 bridgehead atoms. The molecule has 0 aliphatic carbocycles. The molecule has 0 aromatic heterocycles. The van der Waals surface area contributed by atoms with Crippen LogP contribution in [0.1, 0.15) is 24.5 Å². The second-order valence-corrected chi connectivity index (χ2v) is 7.98. The number of carbonyl (C=O) groups excluding carboxylic acids is 2. The maximum atomic E-state index is 13.0. The summed E-state index contributed by atoms with van der Waals surface area (Å²) in [4.78, 5) is 27.9. The van der Waals surface area contributed by atoms with E-state index in [0.717, 1.165) is 27.5 Å². The highest BCUT2D eigenvalue weighted by atomic mass is 16.5. The van der Waals surface area contributed by atoms with Crippen molar-refractivity contribution in [2.75, 3.05) is 27.9 Å². The third-order valence-electron chi connectivity index (χ3n) is 5.51. The van der Waals surface area contributed by atoms with Gasteiger partial charge in [-0.3, -0.25) is 4.79 Å². The van der Waals surface area contributed by atoms with Gasteiger partial charge in [0.25, 0.3) is 5.91 Å². The molecular formula is C23H30N3O4+. The number of carbonyl (C=O) groups is 2. The number of aryl methyl sites for hydroxylation is 1. The van der Waals surface area contributed by atoms with E-state index in [4.69, 9.17) is 9.47 Å². The van der Waals surface area contributed by atoms with Crippen LogP contribution in [0.3, 0.4) is 0 Å². The van der Waals surface area contributed by atoms with Crippen molar-refractivity contribution >= 4 is 11.9 Å². The van der Waals surface area contributed by atoms with Gasteiger partial charge in [0.1, 0.15) is 23.6 Å². The molecule has 0 spiro atoms. The van der Waals surface area contributed by atoms with Crippen molar-refractivity contribution in [3.05, 3.63) is 59.7 Å². The quantitative estimate of drug-likeness (QED) is 0.614. The van der Waals surface area contributed by atoms with E-state index in [9.17, 15) is 9.59 Å². The van der Waals surface area contributed by atoms with Crippen LogP contribution in [0.4, 0.5) is 4.79 Å². The van der Waals surface area contributed by atoms with E-state index in [1.54, 1.807) is 21.1 Å². The fraction of sp³-hybridized carbons (Fsp3) is 0.391. The van der Waals surface area contributed by atoms with Gasteiger partial charge in [0.2, 0.25) is 0 Å². The van der Waals surface area contributed by atoms with Crippen LogP contribution in [-0.2, 0) is 17.8 Å². The number of hydrogen-bond acceptors (Lipinski definition) is 4. The number of imide groups is 1. The van der Waals surface area contributed by atoms with Gasteiger partial charge in [-0.25, -0.2) is 9.69 Å². The van der Waals surface area contributed by atoms with Crippen molar-refractivity contribution in [3.8, 4) is 11.5 Å². The van der Waals surface area contributed by atoms with Gasteiger partial charge >= 0.3 is 6.03 Å². The highest BCUT2D eigenvalue weighted by Gasteiger charge is 2.48. The van der Waals surface area contributed by atoms with Gasteiger partial charge in [0.15, 0.2) is 6.67 Å². The third-order valence-corrected chi connectivity index (χ3v) is 5.51. The second-order valence-electron chi connectivity index (χ2n) is 7.98. The normalized spacial score (nSPS) is 19.5. The summed E-state index contributed by atoms with van der Waals surface area (Å²) in [6.45, 7) is 2.81. The second kappa shape index (κ2) is 9.17. The maximum Gasteiger partial charge on any atom is 0.329 e. The highest BCUT2D eigenvalue weighted by molar-refractivity contribution is 6.06. The van der Waals surface area contributed by atoms with E-state index in [1.165, 1.54) is 4.90 Å². The molecule has 1 saturated heterocycles. The largest absolute Gasteiger partial charge is 0.497 e. The minimum atomic E-state index is -0.891. The Morgan fingerprint density at radius 1 is 0.933 bits per heavy atom. The van der Waals surface area contributed by atoms with E-state index in [0.29, 0.717) is 26.1 Å². The molecule has 1 aliphatic heterocycles. The molecule has 3 amide bonds. The molecule has 2 aromatic carbocycles. The SMILES string of the molecule is COc1ccc(CC[C@]2(C)NC(=O)N(C[NH+](C)Cc3ccc(OC)cc3)C2=O)cc1. The summed E-state index contributed by atoms with van der Waals surface area (Å²) < 4.78 is 10.4. The first-order valence-electron chi connectivity index (χ1n) is 10.1. The summed E-state index contributed by atoms with van der Waals surface area (Å²) in [5, 5.41) is 2.89. The number of amides is 3. The van der Waals surface area contributed by atoms with Crippen LogP contribution in [0.2, 0.25) is 0 Å². The van der Waals surface area contributed by atoms with Gasteiger partial charge in [-0.2, -0.15) is 0 Å². The summed E-state index contributed by atoms with van der Waals surface area (Å²) in [6, 6.07) is 15.2. The van der Waals surface area contributed by atoms with E-state index >= 15 is 0 Å². The number of rotatable bonds is 9. The van der Waals surface area contributed by atoms with Crippen LogP contribution >= 0.6 is 0 Å². The molecule has 3 rings (SSSR count). The number of urea groups is 1. The summed E-state index contributed by atoms with van der Waals surface area (Å²) in [5.41, 5.74) is 1.32. The lowest BCUT2D eigenvalue weighted by Crippen LogP contribution is -3.09. The topological polar surface area (TPSA) is 72.3 Å². The first kappa shape index (κ1) is 21.6. The van der Waals surface area contributed by atoms with Gasteiger partial charge < -0.3 is 19.7 Å². The first-order chi connectivity index (χ1) is 14.3. The standard InChI is InChI=1S/C23H29N3O4/c1-23(14-13-17-5-9-19(29-3)10-6-17)21(27)26(22(28)24-23)16-25(2)15-18-7-11-20(30-4)12-8-18/h5-12H,13-16H2,1-4H3,(H,24,28)/p+1/t23-/m0/s1. The van der Waals surface area contributed by atoms with Crippen molar-refractivity contribution in [1.29, 1.82) is 0 Å². The fourth-order valence-corrected chi connectivity index (χ4v) is 3.66. The summed E-state index contributed by atoms with van der Waals surface area (Å²) >= 11 is 0. The van der Waals surface area contributed by atoms with E-state index in [2.05, 4.69) is 5.32 Å². The fourth-order valence-electron chi connectivity index (χ4n) is 3.66. The Hall–Kier alpha value is -3.06. The molecule has 7 nitrogen and oxygen atoms in total. The molecule has 0 saturated carbocycles. The Kier molecular flexibility index (Phi) is 6.62. The summed E-state index contributed by atoms with van der Waals surface area (Å²) in [7, 11) is 5.23. The van der Waals surface area contributed by atoms with Crippen LogP contribution in [-0.4, -0.2) is 50.3 Å². The molecule has 2 N–H and O–H groups in total. The highest BCUT2D eigenvalue weighted by Crippen LogP contribution is 2.23. The third kappa shape index (κ3) is 4.91. The molecule has 1 aliphatic rings.